The number of carbonyl (C=O) groups excluding carboxylic acids is 1. The number of carbonyl (C=O) groups is 1. The standard InChI is InChI=1S/C22H21FN2O3S/c1-24(16-17-8-6-10-19(23)14-17)22(26)18-9-7-13-21(15-18)29(27,28)25(2)20-11-4-3-5-12-20/h3-15H,16H2,1-2H3. The SMILES string of the molecule is CN(Cc1cccc(F)c1)C(=O)c1cccc(S(=O)(=O)N(C)c2ccccc2)c1. The van der Waals surface area contributed by atoms with Crippen LogP contribution in [0.2, 0.25) is 0 Å². The maximum absolute atomic E-state index is 13.4. The molecular weight excluding hydrogens is 391 g/mol. The van der Waals surface area contributed by atoms with E-state index in [1.54, 1.807) is 55.6 Å². The van der Waals surface area contributed by atoms with Gasteiger partial charge in [0, 0.05) is 26.2 Å². The highest BCUT2D eigenvalue weighted by Gasteiger charge is 2.23. The lowest BCUT2D eigenvalue weighted by Gasteiger charge is -2.21. The van der Waals surface area contributed by atoms with Gasteiger partial charge in [0.05, 0.1) is 10.6 Å². The molecule has 0 aliphatic heterocycles. The van der Waals surface area contributed by atoms with Crippen LogP contribution in [-0.4, -0.2) is 33.3 Å². The number of rotatable bonds is 6. The largest absolute Gasteiger partial charge is 0.337 e. The van der Waals surface area contributed by atoms with E-state index in [0.717, 1.165) is 0 Å². The molecule has 0 aromatic heterocycles. The summed E-state index contributed by atoms with van der Waals surface area (Å²) < 4.78 is 40.5. The quantitative estimate of drug-likeness (QED) is 0.617. The Bertz CT molecular complexity index is 1120. The van der Waals surface area contributed by atoms with Crippen molar-refractivity contribution in [1.29, 1.82) is 0 Å². The van der Waals surface area contributed by atoms with Crippen LogP contribution in [0, 0.1) is 5.82 Å². The molecule has 0 atom stereocenters. The van der Waals surface area contributed by atoms with Gasteiger partial charge in [-0.1, -0.05) is 36.4 Å². The van der Waals surface area contributed by atoms with Crippen molar-refractivity contribution in [2.45, 2.75) is 11.4 Å². The summed E-state index contributed by atoms with van der Waals surface area (Å²) in [5.74, 6) is -0.728. The number of amides is 1. The Labute approximate surface area is 170 Å². The summed E-state index contributed by atoms with van der Waals surface area (Å²) in [6.45, 7) is 0.206. The average molecular weight is 412 g/mol. The number of anilines is 1. The van der Waals surface area contributed by atoms with Gasteiger partial charge in [-0.15, -0.1) is 0 Å². The molecule has 0 aliphatic rings. The Kier molecular flexibility index (Phi) is 5.98. The minimum atomic E-state index is -3.83. The van der Waals surface area contributed by atoms with Crippen LogP contribution in [0.25, 0.3) is 0 Å². The van der Waals surface area contributed by atoms with E-state index >= 15 is 0 Å². The number of halogens is 1. The lowest BCUT2D eigenvalue weighted by Crippen LogP contribution is -2.28. The van der Waals surface area contributed by atoms with Crippen molar-refractivity contribution in [2.24, 2.45) is 0 Å². The first-order valence-corrected chi connectivity index (χ1v) is 10.4. The van der Waals surface area contributed by atoms with Crippen molar-refractivity contribution in [3.8, 4) is 0 Å². The van der Waals surface area contributed by atoms with Crippen molar-refractivity contribution in [1.82, 2.24) is 4.90 Å². The smallest absolute Gasteiger partial charge is 0.264 e. The van der Waals surface area contributed by atoms with E-state index in [9.17, 15) is 17.6 Å². The van der Waals surface area contributed by atoms with Crippen molar-refractivity contribution in [3.05, 3.63) is 95.8 Å². The minimum absolute atomic E-state index is 0.0221. The number of nitrogens with zero attached hydrogens (tertiary/aromatic N) is 2. The summed E-state index contributed by atoms with van der Waals surface area (Å²) in [7, 11) is -0.770. The molecule has 0 heterocycles. The molecule has 5 nitrogen and oxygen atoms in total. The zero-order valence-electron chi connectivity index (χ0n) is 16.1. The topological polar surface area (TPSA) is 57.7 Å². The van der Waals surface area contributed by atoms with Crippen molar-refractivity contribution in [2.75, 3.05) is 18.4 Å². The highest BCUT2D eigenvalue weighted by Crippen LogP contribution is 2.23. The molecule has 1 amide bonds. The molecule has 0 saturated carbocycles. The van der Waals surface area contributed by atoms with E-state index in [1.807, 2.05) is 0 Å². The van der Waals surface area contributed by atoms with Gasteiger partial charge < -0.3 is 4.90 Å². The van der Waals surface area contributed by atoms with Crippen LogP contribution in [0.4, 0.5) is 10.1 Å². The van der Waals surface area contributed by atoms with Gasteiger partial charge in [0.2, 0.25) is 0 Å². The molecule has 150 valence electrons. The normalized spacial score (nSPS) is 11.1. The number of para-hydroxylation sites is 1. The zero-order chi connectivity index (χ0) is 21.0. The Morgan fingerprint density at radius 3 is 2.28 bits per heavy atom. The number of hydrogen-bond acceptors (Lipinski definition) is 3. The molecule has 0 bridgehead atoms. The first kappa shape index (κ1) is 20.5. The van der Waals surface area contributed by atoms with Crippen LogP contribution in [0.3, 0.4) is 0 Å². The van der Waals surface area contributed by atoms with Crippen LogP contribution in [0.1, 0.15) is 15.9 Å². The molecule has 29 heavy (non-hydrogen) atoms. The number of benzene rings is 3. The zero-order valence-corrected chi connectivity index (χ0v) is 16.9. The van der Waals surface area contributed by atoms with E-state index in [-0.39, 0.29) is 28.7 Å². The monoisotopic (exact) mass is 412 g/mol. The maximum Gasteiger partial charge on any atom is 0.264 e. The first-order valence-electron chi connectivity index (χ1n) is 8.93. The Hall–Kier alpha value is -3.19. The van der Waals surface area contributed by atoms with Gasteiger partial charge in [-0.05, 0) is 48.0 Å². The van der Waals surface area contributed by atoms with Gasteiger partial charge in [-0.25, -0.2) is 12.8 Å². The second kappa shape index (κ2) is 8.45. The number of hydrogen-bond donors (Lipinski definition) is 0. The third kappa shape index (κ3) is 4.63. The van der Waals surface area contributed by atoms with Crippen molar-refractivity contribution >= 4 is 21.6 Å². The van der Waals surface area contributed by atoms with Crippen molar-refractivity contribution in [3.63, 3.8) is 0 Å². The fourth-order valence-electron chi connectivity index (χ4n) is 2.93. The van der Waals surface area contributed by atoms with Gasteiger partial charge >= 0.3 is 0 Å². The lowest BCUT2D eigenvalue weighted by molar-refractivity contribution is 0.0784. The third-order valence-corrected chi connectivity index (χ3v) is 6.30. The van der Waals surface area contributed by atoms with E-state index in [4.69, 9.17) is 0 Å². The average Bonchev–Trinajstić information content (AvgIpc) is 2.73. The first-order chi connectivity index (χ1) is 13.8. The molecule has 0 saturated heterocycles. The summed E-state index contributed by atoms with van der Waals surface area (Å²) in [5, 5.41) is 0. The second-order valence-corrected chi connectivity index (χ2v) is 8.60. The summed E-state index contributed by atoms with van der Waals surface area (Å²) in [5.41, 5.74) is 1.41. The Morgan fingerprint density at radius 1 is 0.897 bits per heavy atom. The predicted molar refractivity (Wildman–Crippen MR) is 111 cm³/mol. The minimum Gasteiger partial charge on any atom is -0.337 e. The molecule has 0 unspecified atom stereocenters. The number of sulfonamides is 1. The Balaban J connectivity index is 1.84. The van der Waals surface area contributed by atoms with Crippen LogP contribution >= 0.6 is 0 Å². The molecule has 0 aliphatic carbocycles. The summed E-state index contributed by atoms with van der Waals surface area (Å²) in [4.78, 5) is 14.2. The third-order valence-electron chi connectivity index (χ3n) is 4.51. The van der Waals surface area contributed by atoms with E-state index in [2.05, 4.69) is 0 Å². The van der Waals surface area contributed by atoms with Gasteiger partial charge in [-0.3, -0.25) is 9.10 Å². The van der Waals surface area contributed by atoms with E-state index in [1.165, 1.54) is 46.6 Å². The molecule has 0 radical (unpaired) electrons. The van der Waals surface area contributed by atoms with Gasteiger partial charge in [0.15, 0.2) is 0 Å². The molecule has 0 spiro atoms. The Morgan fingerprint density at radius 2 is 1.59 bits per heavy atom. The van der Waals surface area contributed by atoms with E-state index in [0.29, 0.717) is 11.3 Å². The molecule has 0 N–H and O–H groups in total. The summed E-state index contributed by atoms with van der Waals surface area (Å²) >= 11 is 0. The fraction of sp³-hybridized carbons (Fsp3) is 0.136. The fourth-order valence-corrected chi connectivity index (χ4v) is 4.17. The van der Waals surface area contributed by atoms with Crippen LogP contribution in [-0.2, 0) is 16.6 Å². The lowest BCUT2D eigenvalue weighted by atomic mass is 10.1. The summed E-state index contributed by atoms with van der Waals surface area (Å²) in [6.07, 6.45) is 0. The second-order valence-electron chi connectivity index (χ2n) is 6.63. The van der Waals surface area contributed by atoms with E-state index < -0.39 is 10.0 Å². The predicted octanol–water partition coefficient (Wildman–Crippen LogP) is 3.92. The highest BCUT2D eigenvalue weighted by atomic mass is 32.2. The summed E-state index contributed by atoms with van der Waals surface area (Å²) in [6, 6.07) is 20.6. The van der Waals surface area contributed by atoms with Crippen LogP contribution in [0.5, 0.6) is 0 Å². The molecule has 7 heteroatoms. The maximum atomic E-state index is 13.4. The van der Waals surface area contributed by atoms with Gasteiger partial charge in [-0.2, -0.15) is 0 Å². The van der Waals surface area contributed by atoms with Gasteiger partial charge in [0.25, 0.3) is 15.9 Å². The van der Waals surface area contributed by atoms with Crippen LogP contribution in [0.15, 0.2) is 83.8 Å². The molecule has 3 aromatic rings. The molecule has 3 rings (SSSR count). The molecule has 3 aromatic carbocycles. The molecular formula is C22H21FN2O3S. The van der Waals surface area contributed by atoms with Gasteiger partial charge in [0.1, 0.15) is 5.82 Å². The van der Waals surface area contributed by atoms with Crippen LogP contribution < -0.4 is 4.31 Å². The molecule has 0 fully saturated rings. The highest BCUT2D eigenvalue weighted by molar-refractivity contribution is 7.92. The van der Waals surface area contributed by atoms with Crippen molar-refractivity contribution < 1.29 is 17.6 Å².